The lowest BCUT2D eigenvalue weighted by atomic mass is 9.85. The average Bonchev–Trinajstić information content (AvgIpc) is 2.86. The van der Waals surface area contributed by atoms with Crippen LogP contribution in [-0.2, 0) is 5.41 Å². The van der Waals surface area contributed by atoms with Gasteiger partial charge in [-0.15, -0.1) is 0 Å². The number of nitrogens with two attached hydrogens (primary N) is 1. The van der Waals surface area contributed by atoms with Crippen LogP contribution in [-0.4, -0.2) is 11.0 Å². The van der Waals surface area contributed by atoms with Crippen LogP contribution >= 0.6 is 11.6 Å². The zero-order valence-corrected chi connectivity index (χ0v) is 10.5. The van der Waals surface area contributed by atoms with Crippen LogP contribution in [0.4, 0.5) is 0 Å². The predicted octanol–water partition coefficient (Wildman–Crippen LogP) is 3.25. The molecule has 2 atom stereocenters. The van der Waals surface area contributed by atoms with Gasteiger partial charge < -0.3 is 10.2 Å². The van der Waals surface area contributed by atoms with Crippen molar-refractivity contribution in [3.63, 3.8) is 0 Å². The van der Waals surface area contributed by atoms with Gasteiger partial charge in [-0.2, -0.15) is 0 Å². The molecular weight excluding hydrogens is 236 g/mol. The summed E-state index contributed by atoms with van der Waals surface area (Å²) in [6.45, 7) is 2.13. The summed E-state index contributed by atoms with van der Waals surface area (Å²) >= 11 is 6.09. The first-order valence-corrected chi connectivity index (χ1v) is 6.30. The van der Waals surface area contributed by atoms with Crippen molar-refractivity contribution in [2.24, 2.45) is 5.73 Å². The molecule has 0 bridgehead atoms. The minimum atomic E-state index is -0.150. The van der Waals surface area contributed by atoms with Crippen LogP contribution in [0.3, 0.4) is 0 Å². The molecule has 0 radical (unpaired) electrons. The highest BCUT2D eigenvalue weighted by atomic mass is 35.5. The van der Waals surface area contributed by atoms with Crippen LogP contribution in [0.25, 0.3) is 11.1 Å². The number of oxazole rings is 1. The van der Waals surface area contributed by atoms with E-state index in [1.54, 1.807) is 0 Å². The van der Waals surface area contributed by atoms with Crippen molar-refractivity contribution in [3.8, 4) is 0 Å². The molecule has 1 aromatic carbocycles. The van der Waals surface area contributed by atoms with Gasteiger partial charge in [0.25, 0.3) is 0 Å². The van der Waals surface area contributed by atoms with Crippen molar-refractivity contribution in [2.75, 3.05) is 0 Å². The van der Waals surface area contributed by atoms with Gasteiger partial charge in [-0.3, -0.25) is 0 Å². The molecule has 0 saturated heterocycles. The molecule has 0 spiro atoms. The van der Waals surface area contributed by atoms with Crippen molar-refractivity contribution < 1.29 is 4.42 Å². The molecule has 4 heteroatoms. The van der Waals surface area contributed by atoms with Crippen LogP contribution in [0.1, 0.15) is 32.1 Å². The highest BCUT2D eigenvalue weighted by Crippen LogP contribution is 2.41. The molecule has 0 aliphatic heterocycles. The SMILES string of the molecule is CC1(c2nc3cccc(Cl)c3o2)CCCC1N. The maximum Gasteiger partial charge on any atom is 0.203 e. The number of fused-ring (bicyclic) bond motifs is 1. The summed E-state index contributed by atoms with van der Waals surface area (Å²) in [5.41, 5.74) is 7.51. The molecule has 17 heavy (non-hydrogen) atoms. The third-order valence-corrected chi connectivity index (χ3v) is 4.18. The second kappa shape index (κ2) is 3.72. The van der Waals surface area contributed by atoms with Crippen molar-refractivity contribution in [3.05, 3.63) is 29.1 Å². The molecular formula is C13H15ClN2O. The Morgan fingerprint density at radius 2 is 2.35 bits per heavy atom. The summed E-state index contributed by atoms with van der Waals surface area (Å²) in [6, 6.07) is 5.73. The first kappa shape index (κ1) is 11.1. The quantitative estimate of drug-likeness (QED) is 0.845. The zero-order chi connectivity index (χ0) is 12.0. The Morgan fingerprint density at radius 1 is 1.53 bits per heavy atom. The van der Waals surface area contributed by atoms with Crippen molar-refractivity contribution in [1.29, 1.82) is 0 Å². The summed E-state index contributed by atoms with van der Waals surface area (Å²) < 4.78 is 5.83. The van der Waals surface area contributed by atoms with E-state index in [9.17, 15) is 0 Å². The topological polar surface area (TPSA) is 52.0 Å². The fourth-order valence-electron chi connectivity index (χ4n) is 2.62. The van der Waals surface area contributed by atoms with Crippen LogP contribution in [0, 0.1) is 0 Å². The fraction of sp³-hybridized carbons (Fsp3) is 0.462. The van der Waals surface area contributed by atoms with Gasteiger partial charge in [-0.1, -0.05) is 24.1 Å². The van der Waals surface area contributed by atoms with Gasteiger partial charge in [0.1, 0.15) is 5.52 Å². The number of rotatable bonds is 1. The standard InChI is InChI=1S/C13H15ClN2O/c1-13(7-3-6-10(13)15)12-16-9-5-2-4-8(14)11(9)17-12/h2,4-5,10H,3,6-7,15H2,1H3. The van der Waals surface area contributed by atoms with E-state index in [0.717, 1.165) is 30.7 Å². The highest BCUT2D eigenvalue weighted by Gasteiger charge is 2.42. The molecule has 1 saturated carbocycles. The van der Waals surface area contributed by atoms with Crippen molar-refractivity contribution in [1.82, 2.24) is 4.98 Å². The van der Waals surface area contributed by atoms with Gasteiger partial charge in [0.05, 0.1) is 10.4 Å². The summed E-state index contributed by atoms with van der Waals surface area (Å²) in [5.74, 6) is 0.727. The number of hydrogen-bond donors (Lipinski definition) is 1. The van der Waals surface area contributed by atoms with Crippen LogP contribution in [0.5, 0.6) is 0 Å². The molecule has 3 rings (SSSR count). The number of halogens is 1. The number of para-hydroxylation sites is 1. The van der Waals surface area contributed by atoms with E-state index < -0.39 is 0 Å². The number of hydrogen-bond acceptors (Lipinski definition) is 3. The largest absolute Gasteiger partial charge is 0.438 e. The molecule has 1 aliphatic rings. The third kappa shape index (κ3) is 1.57. The van der Waals surface area contributed by atoms with E-state index in [1.807, 2.05) is 18.2 Å². The molecule has 90 valence electrons. The molecule has 1 heterocycles. The summed E-state index contributed by atoms with van der Waals surface area (Å²) in [6.07, 6.45) is 3.19. The normalized spacial score (nSPS) is 29.0. The Balaban J connectivity index is 2.15. The van der Waals surface area contributed by atoms with E-state index >= 15 is 0 Å². The molecule has 1 aromatic heterocycles. The lowest BCUT2D eigenvalue weighted by Gasteiger charge is -2.24. The van der Waals surface area contributed by atoms with Gasteiger partial charge in [-0.25, -0.2) is 4.98 Å². The summed E-state index contributed by atoms with van der Waals surface area (Å²) in [5, 5.41) is 0.608. The predicted molar refractivity (Wildman–Crippen MR) is 68.2 cm³/mol. The first-order valence-electron chi connectivity index (χ1n) is 5.92. The lowest BCUT2D eigenvalue weighted by Crippen LogP contribution is -2.38. The van der Waals surface area contributed by atoms with Crippen molar-refractivity contribution >= 4 is 22.7 Å². The fourth-order valence-corrected chi connectivity index (χ4v) is 2.83. The van der Waals surface area contributed by atoms with Crippen molar-refractivity contribution in [2.45, 2.75) is 37.6 Å². The lowest BCUT2D eigenvalue weighted by molar-refractivity contribution is 0.332. The zero-order valence-electron chi connectivity index (χ0n) is 9.74. The Morgan fingerprint density at radius 3 is 3.00 bits per heavy atom. The molecule has 3 nitrogen and oxygen atoms in total. The number of aromatic nitrogens is 1. The van der Waals surface area contributed by atoms with Gasteiger partial charge in [0, 0.05) is 6.04 Å². The first-order chi connectivity index (χ1) is 8.11. The van der Waals surface area contributed by atoms with Gasteiger partial charge in [-0.05, 0) is 31.9 Å². The van der Waals surface area contributed by atoms with E-state index in [4.69, 9.17) is 21.8 Å². The maximum absolute atomic E-state index is 6.17. The smallest absolute Gasteiger partial charge is 0.203 e. The monoisotopic (exact) mass is 250 g/mol. The number of nitrogens with zero attached hydrogens (tertiary/aromatic N) is 1. The Kier molecular flexibility index (Phi) is 2.42. The maximum atomic E-state index is 6.17. The Hall–Kier alpha value is -1.06. The third-order valence-electron chi connectivity index (χ3n) is 3.89. The summed E-state index contributed by atoms with van der Waals surface area (Å²) in [7, 11) is 0. The minimum absolute atomic E-state index is 0.120. The van der Waals surface area contributed by atoms with E-state index in [-0.39, 0.29) is 11.5 Å². The molecule has 0 amide bonds. The molecule has 2 N–H and O–H groups in total. The Bertz CT molecular complexity index is 566. The highest BCUT2D eigenvalue weighted by molar-refractivity contribution is 6.34. The molecule has 2 unspecified atom stereocenters. The Labute approximate surface area is 105 Å². The van der Waals surface area contributed by atoms with Crippen LogP contribution < -0.4 is 5.73 Å². The van der Waals surface area contributed by atoms with E-state index in [2.05, 4.69) is 11.9 Å². The van der Waals surface area contributed by atoms with Gasteiger partial charge in [0.2, 0.25) is 5.89 Å². The van der Waals surface area contributed by atoms with Crippen LogP contribution in [0.15, 0.2) is 22.6 Å². The van der Waals surface area contributed by atoms with Gasteiger partial charge in [0.15, 0.2) is 5.58 Å². The second-order valence-electron chi connectivity index (χ2n) is 5.02. The minimum Gasteiger partial charge on any atom is -0.438 e. The summed E-state index contributed by atoms with van der Waals surface area (Å²) in [4.78, 5) is 4.55. The number of benzene rings is 1. The second-order valence-corrected chi connectivity index (χ2v) is 5.43. The molecule has 2 aromatic rings. The molecule has 1 aliphatic carbocycles. The van der Waals surface area contributed by atoms with Crippen LogP contribution in [0.2, 0.25) is 5.02 Å². The van der Waals surface area contributed by atoms with Gasteiger partial charge >= 0.3 is 0 Å². The van der Waals surface area contributed by atoms with E-state index in [1.165, 1.54) is 0 Å². The average molecular weight is 251 g/mol. The molecule has 1 fully saturated rings. The van der Waals surface area contributed by atoms with E-state index in [0.29, 0.717) is 10.6 Å².